The Morgan fingerprint density at radius 3 is 2.65 bits per heavy atom. The topological polar surface area (TPSA) is 123 Å². The number of hydrogen-bond donors (Lipinski definition) is 1. The van der Waals surface area contributed by atoms with Crippen LogP contribution in [0.5, 0.6) is 0 Å². The van der Waals surface area contributed by atoms with Crippen LogP contribution in [0.25, 0.3) is 11.0 Å². The minimum absolute atomic E-state index is 0.175. The Morgan fingerprint density at radius 1 is 1.19 bits per heavy atom. The molecular formula is C19H25N7O4S. The molecule has 4 heterocycles. The standard InChI is InChI=1S/C19H25N7O4S/c1-2-31-19-22-17(24-7-9-30-10-8-24)13-11-21-26(18(13)23-19)6-5-20-14(27)12-25-15(28)3-4-16(25)29/h11H,2-10,12H2,1H3,(H,20,27). The van der Waals surface area contributed by atoms with Gasteiger partial charge >= 0.3 is 0 Å². The van der Waals surface area contributed by atoms with Crippen molar-refractivity contribution in [3.63, 3.8) is 0 Å². The Kier molecular flexibility index (Phi) is 6.66. The van der Waals surface area contributed by atoms with E-state index >= 15 is 0 Å². The number of morpholine rings is 1. The number of anilines is 1. The maximum atomic E-state index is 12.1. The monoisotopic (exact) mass is 447 g/mol. The van der Waals surface area contributed by atoms with E-state index in [-0.39, 0.29) is 37.1 Å². The summed E-state index contributed by atoms with van der Waals surface area (Å²) in [5.41, 5.74) is 0.714. The predicted octanol–water partition coefficient (Wildman–Crippen LogP) is 0.0401. The number of aromatic nitrogens is 4. The van der Waals surface area contributed by atoms with Crippen molar-refractivity contribution >= 4 is 46.3 Å². The van der Waals surface area contributed by atoms with Gasteiger partial charge in [0.25, 0.3) is 0 Å². The summed E-state index contributed by atoms with van der Waals surface area (Å²) in [6.45, 7) is 5.36. The van der Waals surface area contributed by atoms with Gasteiger partial charge in [0.15, 0.2) is 10.8 Å². The molecule has 0 spiro atoms. The molecule has 4 rings (SSSR count). The average Bonchev–Trinajstić information content (AvgIpc) is 3.32. The molecule has 0 aliphatic carbocycles. The summed E-state index contributed by atoms with van der Waals surface area (Å²) in [6, 6.07) is 0. The van der Waals surface area contributed by atoms with Crippen LogP contribution in [0.3, 0.4) is 0 Å². The molecule has 2 aliphatic heterocycles. The van der Waals surface area contributed by atoms with Gasteiger partial charge in [0.05, 0.1) is 31.3 Å². The summed E-state index contributed by atoms with van der Waals surface area (Å²) in [6.07, 6.45) is 2.10. The fraction of sp³-hybridized carbons (Fsp3) is 0.579. The molecule has 166 valence electrons. The lowest BCUT2D eigenvalue weighted by atomic mass is 10.3. The maximum Gasteiger partial charge on any atom is 0.240 e. The van der Waals surface area contributed by atoms with Crippen LogP contribution in [-0.2, 0) is 25.7 Å². The van der Waals surface area contributed by atoms with Crippen LogP contribution in [0.1, 0.15) is 19.8 Å². The zero-order valence-corrected chi connectivity index (χ0v) is 18.2. The molecule has 2 saturated heterocycles. The van der Waals surface area contributed by atoms with Crippen molar-refractivity contribution in [2.45, 2.75) is 31.5 Å². The second-order valence-corrected chi connectivity index (χ2v) is 8.42. The highest BCUT2D eigenvalue weighted by atomic mass is 32.2. The van der Waals surface area contributed by atoms with Crippen molar-refractivity contribution in [2.75, 3.05) is 50.0 Å². The fourth-order valence-electron chi connectivity index (χ4n) is 3.59. The summed E-state index contributed by atoms with van der Waals surface area (Å²) in [4.78, 5) is 48.1. The molecule has 11 nitrogen and oxygen atoms in total. The van der Waals surface area contributed by atoms with Gasteiger partial charge in [-0.25, -0.2) is 14.6 Å². The van der Waals surface area contributed by atoms with E-state index in [1.54, 1.807) is 22.6 Å². The zero-order chi connectivity index (χ0) is 21.8. The van der Waals surface area contributed by atoms with Crippen LogP contribution in [0.2, 0.25) is 0 Å². The number of hydrogen-bond acceptors (Lipinski definition) is 9. The van der Waals surface area contributed by atoms with E-state index in [1.165, 1.54) is 0 Å². The van der Waals surface area contributed by atoms with Crippen LogP contribution in [0.15, 0.2) is 11.4 Å². The largest absolute Gasteiger partial charge is 0.378 e. The molecule has 12 heteroatoms. The van der Waals surface area contributed by atoms with Crippen LogP contribution >= 0.6 is 11.8 Å². The number of carbonyl (C=O) groups is 3. The fourth-order valence-corrected chi connectivity index (χ4v) is 4.15. The highest BCUT2D eigenvalue weighted by Gasteiger charge is 2.30. The Bertz CT molecular complexity index is 973. The van der Waals surface area contributed by atoms with Crippen LogP contribution in [0, 0.1) is 0 Å². The SMILES string of the molecule is CCSc1nc(N2CCOCC2)c2cnn(CCNC(=O)CN3C(=O)CCC3=O)c2n1. The van der Waals surface area contributed by atoms with Gasteiger partial charge in [-0.1, -0.05) is 18.7 Å². The Hall–Kier alpha value is -2.73. The number of nitrogens with one attached hydrogen (secondary N) is 1. The first-order valence-corrected chi connectivity index (χ1v) is 11.3. The van der Waals surface area contributed by atoms with Crippen LogP contribution < -0.4 is 10.2 Å². The van der Waals surface area contributed by atoms with Gasteiger partial charge in [0.2, 0.25) is 17.7 Å². The number of amides is 3. The molecule has 0 radical (unpaired) electrons. The second-order valence-electron chi connectivity index (χ2n) is 7.19. The number of carbonyl (C=O) groups excluding carboxylic acids is 3. The van der Waals surface area contributed by atoms with Crippen molar-refractivity contribution in [3.8, 4) is 0 Å². The van der Waals surface area contributed by atoms with Crippen molar-refractivity contribution in [1.29, 1.82) is 0 Å². The van der Waals surface area contributed by atoms with E-state index < -0.39 is 0 Å². The quantitative estimate of drug-likeness (QED) is 0.339. The third kappa shape index (κ3) is 4.79. The van der Waals surface area contributed by atoms with Gasteiger partial charge in [-0.2, -0.15) is 5.10 Å². The molecule has 0 bridgehead atoms. The predicted molar refractivity (Wildman–Crippen MR) is 114 cm³/mol. The molecule has 2 aromatic rings. The smallest absolute Gasteiger partial charge is 0.240 e. The molecule has 0 aromatic carbocycles. The lowest BCUT2D eigenvalue weighted by Crippen LogP contribution is -2.40. The number of thioether (sulfide) groups is 1. The number of rotatable bonds is 8. The molecule has 0 atom stereocenters. The van der Waals surface area contributed by atoms with Gasteiger partial charge in [0, 0.05) is 32.5 Å². The van der Waals surface area contributed by atoms with E-state index in [0.29, 0.717) is 37.1 Å². The van der Waals surface area contributed by atoms with E-state index in [1.807, 2.05) is 0 Å². The zero-order valence-electron chi connectivity index (χ0n) is 17.4. The molecule has 2 aromatic heterocycles. The highest BCUT2D eigenvalue weighted by Crippen LogP contribution is 2.27. The summed E-state index contributed by atoms with van der Waals surface area (Å²) in [5.74, 6) is 0.737. The number of ether oxygens (including phenoxy) is 1. The molecule has 0 saturated carbocycles. The summed E-state index contributed by atoms with van der Waals surface area (Å²) in [7, 11) is 0. The minimum Gasteiger partial charge on any atom is -0.378 e. The molecule has 0 unspecified atom stereocenters. The number of nitrogens with zero attached hydrogens (tertiary/aromatic N) is 6. The first kappa shape index (κ1) is 21.5. The van der Waals surface area contributed by atoms with E-state index in [9.17, 15) is 14.4 Å². The van der Waals surface area contributed by atoms with E-state index in [4.69, 9.17) is 9.72 Å². The van der Waals surface area contributed by atoms with E-state index in [2.05, 4.69) is 27.2 Å². The normalized spacial score (nSPS) is 17.1. The maximum absolute atomic E-state index is 12.1. The van der Waals surface area contributed by atoms with Crippen LogP contribution in [0.4, 0.5) is 5.82 Å². The molecule has 31 heavy (non-hydrogen) atoms. The molecule has 3 amide bonds. The van der Waals surface area contributed by atoms with E-state index in [0.717, 1.165) is 34.9 Å². The van der Waals surface area contributed by atoms with Crippen molar-refractivity contribution < 1.29 is 19.1 Å². The molecular weight excluding hydrogens is 422 g/mol. The van der Waals surface area contributed by atoms with Gasteiger partial charge < -0.3 is 15.0 Å². The average molecular weight is 448 g/mol. The summed E-state index contributed by atoms with van der Waals surface area (Å²) >= 11 is 1.57. The lowest BCUT2D eigenvalue weighted by molar-refractivity contribution is -0.142. The van der Waals surface area contributed by atoms with Crippen molar-refractivity contribution in [1.82, 2.24) is 30.0 Å². The molecule has 1 N–H and O–H groups in total. The summed E-state index contributed by atoms with van der Waals surface area (Å²) < 4.78 is 7.20. The lowest BCUT2D eigenvalue weighted by Gasteiger charge is -2.28. The van der Waals surface area contributed by atoms with Gasteiger partial charge in [-0.3, -0.25) is 19.3 Å². The molecule has 2 fully saturated rings. The highest BCUT2D eigenvalue weighted by molar-refractivity contribution is 7.99. The minimum atomic E-state index is -0.370. The number of fused-ring (bicyclic) bond motifs is 1. The first-order valence-electron chi connectivity index (χ1n) is 10.4. The van der Waals surface area contributed by atoms with Crippen molar-refractivity contribution in [3.05, 3.63) is 6.20 Å². The summed E-state index contributed by atoms with van der Waals surface area (Å²) in [5, 5.41) is 8.75. The Labute approximate surface area is 183 Å². The van der Waals surface area contributed by atoms with Gasteiger partial charge in [-0.15, -0.1) is 0 Å². The van der Waals surface area contributed by atoms with Crippen LogP contribution in [-0.4, -0.2) is 87.5 Å². The third-order valence-corrected chi connectivity index (χ3v) is 5.87. The van der Waals surface area contributed by atoms with Gasteiger partial charge in [-0.05, 0) is 5.75 Å². The third-order valence-electron chi connectivity index (χ3n) is 5.14. The Morgan fingerprint density at radius 2 is 1.94 bits per heavy atom. The number of imide groups is 1. The Balaban J connectivity index is 1.45. The molecule has 2 aliphatic rings. The number of likely N-dealkylation sites (tertiary alicyclic amines) is 1. The van der Waals surface area contributed by atoms with Gasteiger partial charge in [0.1, 0.15) is 12.4 Å². The first-order chi connectivity index (χ1) is 15.1. The van der Waals surface area contributed by atoms with Crippen molar-refractivity contribution in [2.24, 2.45) is 0 Å². The second kappa shape index (κ2) is 9.60.